The highest BCUT2D eigenvalue weighted by Crippen LogP contribution is 2.45. The van der Waals surface area contributed by atoms with Crippen molar-refractivity contribution in [1.29, 1.82) is 0 Å². The molecule has 2 fully saturated rings. The van der Waals surface area contributed by atoms with Gasteiger partial charge in [0.2, 0.25) is 5.95 Å². The van der Waals surface area contributed by atoms with Crippen molar-refractivity contribution in [1.82, 2.24) is 48.7 Å². The second-order valence-electron chi connectivity index (χ2n) is 21.9. The van der Waals surface area contributed by atoms with Crippen molar-refractivity contribution in [2.24, 2.45) is 0 Å². The molecular formula is C57H64FN11O13SSi. The van der Waals surface area contributed by atoms with Crippen LogP contribution in [-0.4, -0.2) is 143 Å². The number of nitrogens with one attached hydrogen (secondary N) is 3. The first-order valence-electron chi connectivity index (χ1n) is 26.8. The fourth-order valence-electron chi connectivity index (χ4n) is 10.1. The molecule has 10 rings (SSSR count). The number of aromatic amines is 1. The lowest BCUT2D eigenvalue weighted by Gasteiger charge is -2.39. The summed E-state index contributed by atoms with van der Waals surface area (Å²) in [6, 6.07) is 30.7. The van der Waals surface area contributed by atoms with Gasteiger partial charge in [-0.3, -0.25) is 29.0 Å². The molecule has 84 heavy (non-hydrogen) atoms. The van der Waals surface area contributed by atoms with Crippen LogP contribution < -0.4 is 25.1 Å². The van der Waals surface area contributed by atoms with Gasteiger partial charge in [-0.15, -0.1) is 0 Å². The number of carbonyl (C=O) groups excluding carboxylic acids is 1. The molecule has 4 aromatic heterocycles. The van der Waals surface area contributed by atoms with Crippen molar-refractivity contribution in [2.75, 3.05) is 39.7 Å². The van der Waals surface area contributed by atoms with E-state index in [1.54, 1.807) is 32.4 Å². The van der Waals surface area contributed by atoms with E-state index in [-0.39, 0.29) is 47.3 Å². The van der Waals surface area contributed by atoms with Crippen LogP contribution in [0.2, 0.25) is 18.1 Å². The van der Waals surface area contributed by atoms with E-state index in [4.69, 9.17) is 32.3 Å². The third-order valence-electron chi connectivity index (χ3n) is 15.5. The molecule has 0 unspecified atom stereocenters. The molecule has 2 aliphatic heterocycles. The van der Waals surface area contributed by atoms with Gasteiger partial charge < -0.3 is 38.1 Å². The van der Waals surface area contributed by atoms with E-state index in [1.165, 1.54) is 47.4 Å². The molecule has 6 heterocycles. The first kappa shape index (κ1) is 59.1. The highest BCUT2D eigenvalue weighted by Gasteiger charge is 2.52. The maximum Gasteiger partial charge on any atom is 0.407 e. The molecule has 0 bridgehead atoms. The topological polar surface area (TPSA) is 288 Å². The summed E-state index contributed by atoms with van der Waals surface area (Å²) in [6.45, 7) is 9.10. The van der Waals surface area contributed by atoms with Gasteiger partial charge in [-0.25, -0.2) is 33.3 Å². The van der Waals surface area contributed by atoms with Crippen LogP contribution >= 0.6 is 0 Å². The molecule has 0 saturated carbocycles. The number of anilines is 1. The zero-order valence-corrected chi connectivity index (χ0v) is 49.0. The molecule has 442 valence electrons. The van der Waals surface area contributed by atoms with Crippen molar-refractivity contribution in [2.45, 2.75) is 101 Å². The Bertz CT molecular complexity index is 3780. The maximum absolute atomic E-state index is 17.0. The van der Waals surface area contributed by atoms with Crippen LogP contribution in [0.4, 0.5) is 15.1 Å². The minimum atomic E-state index is -4.84. The Labute approximate surface area is 483 Å². The number of imidazole rings is 2. The largest absolute Gasteiger partial charge is 0.497 e. The molecule has 7 atom stereocenters. The van der Waals surface area contributed by atoms with E-state index in [0.717, 1.165) is 10.5 Å². The molecular weight excluding hydrogens is 1130 g/mol. The summed E-state index contributed by atoms with van der Waals surface area (Å²) in [7, 11) is -3.09. The van der Waals surface area contributed by atoms with Crippen LogP contribution in [0.25, 0.3) is 22.3 Å². The Hall–Kier alpha value is -8.02. The number of aromatic nitrogens is 8. The molecule has 0 aliphatic carbocycles. The van der Waals surface area contributed by atoms with Gasteiger partial charge in [0.25, 0.3) is 11.5 Å². The van der Waals surface area contributed by atoms with Gasteiger partial charge in [-0.2, -0.15) is 18.1 Å². The summed E-state index contributed by atoms with van der Waals surface area (Å²) in [5, 5.41) is 11.8. The number of amides is 2. The lowest BCUT2D eigenvalue weighted by atomic mass is 9.80. The van der Waals surface area contributed by atoms with Crippen LogP contribution in [0.15, 0.2) is 133 Å². The van der Waals surface area contributed by atoms with Crippen molar-refractivity contribution >= 4 is 58.9 Å². The monoisotopic (exact) mass is 1190 g/mol. The second kappa shape index (κ2) is 23.9. The maximum atomic E-state index is 17.0. The number of ether oxygens (including phenoxy) is 5. The Morgan fingerprint density at radius 2 is 1.49 bits per heavy atom. The summed E-state index contributed by atoms with van der Waals surface area (Å²) in [4.78, 5) is 64.5. The third kappa shape index (κ3) is 12.0. The summed E-state index contributed by atoms with van der Waals surface area (Å²) >= 11 is 0. The number of halogens is 1. The number of hydrogen-bond donors (Lipinski definition) is 4. The molecule has 4 aromatic carbocycles. The average molecular weight is 1190 g/mol. The zero-order valence-electron chi connectivity index (χ0n) is 47.2. The van der Waals surface area contributed by atoms with Gasteiger partial charge in [0.05, 0.1) is 45.8 Å². The Morgan fingerprint density at radius 3 is 2.14 bits per heavy atom. The number of hydrogen-bond acceptors (Lipinski definition) is 17. The van der Waals surface area contributed by atoms with Crippen LogP contribution in [-0.2, 0) is 45.3 Å². The SMILES string of the molecule is COc1ccc(C(OC[C@@H]2C[C@@H](OS(=O)(=O)NC[C@H]3O[C@@H](n4cnc5cncnc54)[C@H](F)[C@@H]3O[Si](C)(C)C(C)(C)C)[C@H](n3cnc4c(=O)[nH]c(NC(=O)c5ccccc5CN(C)C(=O)O)nc43)O2)(c2ccccc2)c2ccc(OC)cc2)cc1. The quantitative estimate of drug-likeness (QED) is 0.0400. The number of nitrogens with zero attached hydrogens (tertiary/aromatic N) is 8. The molecule has 4 N–H and O–H groups in total. The Morgan fingerprint density at radius 1 is 0.857 bits per heavy atom. The Kier molecular flexibility index (Phi) is 16.8. The number of alkyl halides is 1. The fraction of sp³-hybridized carbons (Fsp3) is 0.368. The molecule has 0 radical (unpaired) electrons. The lowest BCUT2D eigenvalue weighted by molar-refractivity contribution is -0.0831. The third-order valence-corrected chi connectivity index (χ3v) is 21.0. The van der Waals surface area contributed by atoms with Crippen LogP contribution in [0.5, 0.6) is 11.5 Å². The lowest BCUT2D eigenvalue weighted by Crippen LogP contribution is -2.50. The van der Waals surface area contributed by atoms with E-state index in [0.29, 0.717) is 39.4 Å². The van der Waals surface area contributed by atoms with Gasteiger partial charge >= 0.3 is 16.4 Å². The molecule has 2 amide bonds. The number of fused-ring (bicyclic) bond motifs is 2. The number of methoxy groups -OCH3 is 2. The smallest absolute Gasteiger partial charge is 0.407 e. The van der Waals surface area contributed by atoms with E-state index < -0.39 is 91.4 Å². The summed E-state index contributed by atoms with van der Waals surface area (Å²) in [5.41, 5.74) is 0.911. The van der Waals surface area contributed by atoms with Gasteiger partial charge in [-0.05, 0) is 70.7 Å². The van der Waals surface area contributed by atoms with Gasteiger partial charge in [0.15, 0.2) is 43.8 Å². The molecule has 27 heteroatoms. The van der Waals surface area contributed by atoms with Crippen LogP contribution in [0, 0.1) is 0 Å². The number of rotatable bonds is 21. The minimum Gasteiger partial charge on any atom is -0.497 e. The summed E-state index contributed by atoms with van der Waals surface area (Å²) < 4.78 is 95.6. The van der Waals surface area contributed by atoms with Crippen molar-refractivity contribution < 1.29 is 59.8 Å². The fourth-order valence-corrected chi connectivity index (χ4v) is 12.3. The van der Waals surface area contributed by atoms with Gasteiger partial charge in [0.1, 0.15) is 47.3 Å². The normalized spacial score (nSPS) is 20.3. The van der Waals surface area contributed by atoms with Crippen LogP contribution in [0.1, 0.15) is 72.3 Å². The van der Waals surface area contributed by atoms with Crippen molar-refractivity contribution in [3.63, 3.8) is 0 Å². The van der Waals surface area contributed by atoms with Crippen molar-refractivity contribution in [3.05, 3.63) is 166 Å². The highest BCUT2D eigenvalue weighted by atomic mass is 32.2. The number of carboxylic acid groups (broad SMARTS) is 1. The predicted octanol–water partition coefficient (Wildman–Crippen LogP) is 7.48. The second-order valence-corrected chi connectivity index (χ2v) is 28.0. The van der Waals surface area contributed by atoms with Crippen LogP contribution in [0.3, 0.4) is 0 Å². The standard InChI is InChI=1S/C57H64FN11O13SSi/c1-56(2,3)84(7,8)82-47-44(80-53(45(47)58)68-32-61-42-27-59-31-60-48(42)68)28-63-83(74,75)81-43-26-40(30-78-57(35-15-10-9-11-16-35,36-18-22-38(76-5)23-19-36)37-20-24-39(77-6)25-21-37)79-52(43)69-33-62-46-49(69)64-54(66-51(46)71)65-50(70)41-17-13-12-14-34(41)29-67(4)55(72)73/h9-25,27,31-33,40,43-45,47,52-53,63H,26,28-30H2,1-8H3,(H,72,73)(H2,64,65,66,70,71)/t40-,43+,44+,45+,47+,52+,53+/m0/s1. The first-order chi connectivity index (χ1) is 40.1. The first-order valence-corrected chi connectivity index (χ1v) is 31.1. The van der Waals surface area contributed by atoms with E-state index >= 15 is 4.39 Å². The Balaban J connectivity index is 0.991. The number of benzene rings is 4. The summed E-state index contributed by atoms with van der Waals surface area (Å²) in [5.74, 6) is 0.172. The van der Waals surface area contributed by atoms with Crippen molar-refractivity contribution in [3.8, 4) is 11.5 Å². The molecule has 2 saturated heterocycles. The highest BCUT2D eigenvalue weighted by molar-refractivity contribution is 7.84. The minimum absolute atomic E-state index is 0.106. The summed E-state index contributed by atoms with van der Waals surface area (Å²) in [6.07, 6.45) is -5.24. The molecule has 2 aliphatic rings. The van der Waals surface area contributed by atoms with E-state index in [1.807, 2.05) is 113 Å². The number of H-pyrrole nitrogens is 1. The predicted molar refractivity (Wildman–Crippen MR) is 307 cm³/mol. The van der Waals surface area contributed by atoms with Gasteiger partial charge in [-0.1, -0.05) is 93.6 Å². The molecule has 0 spiro atoms. The molecule has 8 aromatic rings. The van der Waals surface area contributed by atoms with E-state index in [2.05, 4.69) is 39.9 Å². The average Bonchev–Trinajstić information content (AvgIpc) is 4.38. The van der Waals surface area contributed by atoms with Gasteiger partial charge in [0, 0.05) is 32.1 Å². The molecule has 24 nitrogen and oxygen atoms in total. The number of carbonyl (C=O) groups is 2. The zero-order chi connectivity index (χ0) is 59.7. The van der Waals surface area contributed by atoms with E-state index in [9.17, 15) is 27.9 Å².